The lowest BCUT2D eigenvalue weighted by Crippen LogP contribution is -2.65. The van der Waals surface area contributed by atoms with Crippen LogP contribution in [0.25, 0.3) is 0 Å². The van der Waals surface area contributed by atoms with E-state index in [2.05, 4.69) is 73.3 Å². The normalized spacial score (nSPS) is 44.5. The van der Waals surface area contributed by atoms with Gasteiger partial charge in [-0.3, -0.25) is 14.5 Å². The predicted molar refractivity (Wildman–Crippen MR) is 164 cm³/mol. The highest BCUT2D eigenvalue weighted by Gasteiger charge is 2.69. The molecule has 0 unspecified atom stereocenters. The largest absolute Gasteiger partial charge is 0.481 e. The second-order valence-corrected chi connectivity index (χ2v) is 17.0. The molecule has 0 heterocycles. The highest BCUT2D eigenvalue weighted by molar-refractivity contribution is 5.76. The molecule has 0 saturated heterocycles. The van der Waals surface area contributed by atoms with Crippen LogP contribution in [0.2, 0.25) is 0 Å². The molecule has 1 N–H and O–H groups in total. The van der Waals surface area contributed by atoms with Crippen LogP contribution in [0.4, 0.5) is 0 Å². The molecule has 0 aromatic rings. The minimum Gasteiger partial charge on any atom is -0.481 e. The monoisotopic (exact) mass is 569 g/mol. The van der Waals surface area contributed by atoms with Gasteiger partial charge in [0.25, 0.3) is 0 Å². The number of carboxylic acid groups (broad SMARTS) is 1. The van der Waals surface area contributed by atoms with Crippen molar-refractivity contribution < 1.29 is 19.4 Å². The fourth-order valence-corrected chi connectivity index (χ4v) is 11.6. The van der Waals surface area contributed by atoms with E-state index in [-0.39, 0.29) is 45.1 Å². The molecule has 232 valence electrons. The molecule has 0 radical (unpaired) electrons. The van der Waals surface area contributed by atoms with Crippen molar-refractivity contribution in [1.29, 1.82) is 0 Å². The first-order valence-electron chi connectivity index (χ1n) is 16.9. The molecule has 8 atom stereocenters. The summed E-state index contributed by atoms with van der Waals surface area (Å²) in [5.41, 5.74) is 1.40. The van der Waals surface area contributed by atoms with Gasteiger partial charge >= 0.3 is 11.9 Å². The molecule has 0 aromatic heterocycles. The average Bonchev–Trinajstić information content (AvgIpc) is 2.88. The van der Waals surface area contributed by atoms with Crippen molar-refractivity contribution >= 4 is 11.9 Å². The fourth-order valence-electron chi connectivity index (χ4n) is 11.6. The molecule has 4 fully saturated rings. The molecular formula is C36H59NO4. The van der Waals surface area contributed by atoms with Crippen molar-refractivity contribution in [2.24, 2.45) is 50.2 Å². The van der Waals surface area contributed by atoms with Gasteiger partial charge in [0.1, 0.15) is 6.10 Å². The van der Waals surface area contributed by atoms with Gasteiger partial charge in [-0.1, -0.05) is 74.0 Å². The standard InChI is InChI=1S/C36H59NO4/c1-10-37(11-2)23-29(38)41-28-15-16-33(7)26(32(28,5)6)14-17-35(9)27(33)13-12-24-25-22-31(3,4)18-20-36(25,30(39)40)21-19-34(24,35)8/h12,25-28H,10-11,13-23H2,1-9H3,(H,39,40)/t25-,26-,27+,28-,33-,34+,35+,36-/m0/s1. The summed E-state index contributed by atoms with van der Waals surface area (Å²) in [5, 5.41) is 10.6. The van der Waals surface area contributed by atoms with E-state index in [1.165, 1.54) is 12.0 Å². The number of allylic oxidation sites excluding steroid dienone is 2. The van der Waals surface area contributed by atoms with E-state index in [1.807, 2.05) is 0 Å². The molecule has 5 aliphatic rings. The maximum Gasteiger partial charge on any atom is 0.320 e. The zero-order valence-corrected chi connectivity index (χ0v) is 27.7. The van der Waals surface area contributed by atoms with Gasteiger partial charge in [0.05, 0.1) is 12.0 Å². The Morgan fingerprint density at radius 3 is 2.20 bits per heavy atom. The van der Waals surface area contributed by atoms with Crippen LogP contribution < -0.4 is 0 Å². The summed E-state index contributed by atoms with van der Waals surface area (Å²) < 4.78 is 6.27. The second kappa shape index (κ2) is 10.1. The van der Waals surface area contributed by atoms with Crippen LogP contribution >= 0.6 is 0 Å². The maximum atomic E-state index is 13.0. The quantitative estimate of drug-likeness (QED) is 0.258. The van der Waals surface area contributed by atoms with Crippen LogP contribution in [0.5, 0.6) is 0 Å². The Morgan fingerprint density at radius 2 is 1.56 bits per heavy atom. The van der Waals surface area contributed by atoms with Crippen LogP contribution in [0, 0.1) is 50.2 Å². The molecule has 41 heavy (non-hydrogen) atoms. The van der Waals surface area contributed by atoms with Gasteiger partial charge in [0.2, 0.25) is 0 Å². The van der Waals surface area contributed by atoms with Gasteiger partial charge in [-0.05, 0) is 117 Å². The van der Waals surface area contributed by atoms with Gasteiger partial charge in [-0.15, -0.1) is 0 Å². The van der Waals surface area contributed by atoms with Gasteiger partial charge in [0.15, 0.2) is 0 Å². The number of nitrogens with zero attached hydrogens (tertiary/aromatic N) is 1. The van der Waals surface area contributed by atoms with Gasteiger partial charge in [-0.25, -0.2) is 0 Å². The first-order chi connectivity index (χ1) is 19.0. The number of carbonyl (C=O) groups excluding carboxylic acids is 1. The van der Waals surface area contributed by atoms with Crippen LogP contribution in [-0.4, -0.2) is 47.7 Å². The van der Waals surface area contributed by atoms with Crippen molar-refractivity contribution in [3.05, 3.63) is 11.6 Å². The van der Waals surface area contributed by atoms with Crippen molar-refractivity contribution in [2.75, 3.05) is 19.6 Å². The molecular weight excluding hydrogens is 510 g/mol. The highest BCUT2D eigenvalue weighted by Crippen LogP contribution is 2.75. The van der Waals surface area contributed by atoms with Crippen LogP contribution in [0.3, 0.4) is 0 Å². The van der Waals surface area contributed by atoms with Crippen molar-refractivity contribution in [1.82, 2.24) is 4.90 Å². The summed E-state index contributed by atoms with van der Waals surface area (Å²) in [5.74, 6) is 0.584. The van der Waals surface area contributed by atoms with E-state index in [1.54, 1.807) is 0 Å². The molecule has 5 aliphatic carbocycles. The number of fused-ring (bicyclic) bond motifs is 7. The third kappa shape index (κ3) is 4.48. The number of esters is 1. The number of carbonyl (C=O) groups is 2. The molecule has 5 nitrogen and oxygen atoms in total. The summed E-state index contributed by atoms with van der Waals surface area (Å²) >= 11 is 0. The molecule has 0 aliphatic heterocycles. The zero-order valence-electron chi connectivity index (χ0n) is 27.7. The lowest BCUT2D eigenvalue weighted by Gasteiger charge is -2.71. The lowest BCUT2D eigenvalue weighted by molar-refractivity contribution is -0.214. The minimum atomic E-state index is -0.583. The van der Waals surface area contributed by atoms with Crippen LogP contribution in [-0.2, 0) is 14.3 Å². The van der Waals surface area contributed by atoms with E-state index in [0.29, 0.717) is 18.4 Å². The molecule has 5 rings (SSSR count). The third-order valence-corrected chi connectivity index (χ3v) is 14.5. The maximum absolute atomic E-state index is 13.0. The van der Waals surface area contributed by atoms with E-state index in [0.717, 1.165) is 70.9 Å². The van der Waals surface area contributed by atoms with E-state index in [4.69, 9.17) is 4.74 Å². The number of ether oxygens (including phenoxy) is 1. The Morgan fingerprint density at radius 1 is 0.902 bits per heavy atom. The SMILES string of the molecule is CCN(CC)CC(=O)O[C@H]1CC[C@]2(C)[C@H]3CC=C4[C@@H]5CC(C)(C)CC[C@]5(C(=O)O)CC[C@@]4(C)[C@]3(C)CC[C@H]2C1(C)C. The number of carboxylic acids is 1. The van der Waals surface area contributed by atoms with Gasteiger partial charge in [-0.2, -0.15) is 0 Å². The Balaban J connectivity index is 1.45. The topological polar surface area (TPSA) is 66.8 Å². The van der Waals surface area contributed by atoms with Crippen molar-refractivity contribution in [3.8, 4) is 0 Å². The van der Waals surface area contributed by atoms with Crippen molar-refractivity contribution in [3.63, 3.8) is 0 Å². The summed E-state index contributed by atoms with van der Waals surface area (Å²) in [7, 11) is 0. The average molecular weight is 570 g/mol. The highest BCUT2D eigenvalue weighted by atomic mass is 16.5. The number of likely N-dealkylation sites (N-methyl/N-ethyl adjacent to an activating group) is 1. The molecule has 5 heteroatoms. The fraction of sp³-hybridized carbons (Fsp3) is 0.889. The lowest BCUT2D eigenvalue weighted by atomic mass is 9.33. The van der Waals surface area contributed by atoms with Crippen molar-refractivity contribution in [2.45, 2.75) is 133 Å². The molecule has 0 spiro atoms. The minimum absolute atomic E-state index is 0.0337. The zero-order chi connectivity index (χ0) is 30.2. The number of hydrogen-bond acceptors (Lipinski definition) is 4. The Bertz CT molecular complexity index is 1090. The summed E-state index contributed by atoms with van der Waals surface area (Å²) in [6, 6.07) is 0. The number of hydrogen-bond donors (Lipinski definition) is 1. The summed E-state index contributed by atoms with van der Waals surface area (Å²) in [6.45, 7) is 23.4. The molecule has 0 bridgehead atoms. The smallest absolute Gasteiger partial charge is 0.320 e. The first kappa shape index (κ1) is 31.1. The number of rotatable bonds is 6. The van der Waals surface area contributed by atoms with E-state index < -0.39 is 11.4 Å². The predicted octanol–water partition coefficient (Wildman–Crippen LogP) is 8.13. The van der Waals surface area contributed by atoms with E-state index in [9.17, 15) is 14.7 Å². The Labute approximate surface area is 250 Å². The summed E-state index contributed by atoms with van der Waals surface area (Å²) in [4.78, 5) is 28.0. The van der Waals surface area contributed by atoms with E-state index >= 15 is 0 Å². The Hall–Kier alpha value is -1.36. The molecule has 0 aromatic carbocycles. The Kier molecular flexibility index (Phi) is 7.65. The summed E-state index contributed by atoms with van der Waals surface area (Å²) in [6.07, 6.45) is 12.6. The first-order valence-corrected chi connectivity index (χ1v) is 16.9. The van der Waals surface area contributed by atoms with Gasteiger partial charge in [0, 0.05) is 5.41 Å². The van der Waals surface area contributed by atoms with Crippen LogP contribution in [0.1, 0.15) is 127 Å². The number of aliphatic carboxylic acids is 1. The molecule has 0 amide bonds. The third-order valence-electron chi connectivity index (χ3n) is 14.5. The van der Waals surface area contributed by atoms with Crippen LogP contribution in [0.15, 0.2) is 11.6 Å². The van der Waals surface area contributed by atoms with Gasteiger partial charge < -0.3 is 9.84 Å². The second-order valence-electron chi connectivity index (χ2n) is 17.0. The molecule has 4 saturated carbocycles.